The SMILES string of the molecule is Cc1noc(CCCNC(=O)C2CCCCN2Cc2ccncc2)n1. The standard InChI is InChI=1S/C18H25N5O2/c1-14-21-17(25-22-14)6-4-9-20-18(24)16-5-2-3-12-23(16)13-15-7-10-19-11-8-15/h7-8,10-11,16H,2-6,9,12-13H2,1H3,(H,20,24). The minimum Gasteiger partial charge on any atom is -0.355 e. The molecule has 3 rings (SSSR count). The zero-order valence-corrected chi connectivity index (χ0v) is 14.6. The van der Waals surface area contributed by atoms with Gasteiger partial charge in [-0.25, -0.2) is 0 Å². The van der Waals surface area contributed by atoms with Crippen molar-refractivity contribution in [3.8, 4) is 0 Å². The Hall–Kier alpha value is -2.28. The summed E-state index contributed by atoms with van der Waals surface area (Å²) in [6, 6.07) is 3.97. The second-order valence-corrected chi connectivity index (χ2v) is 6.47. The molecule has 25 heavy (non-hydrogen) atoms. The summed E-state index contributed by atoms with van der Waals surface area (Å²) in [4.78, 5) is 23.1. The highest BCUT2D eigenvalue weighted by molar-refractivity contribution is 5.81. The van der Waals surface area contributed by atoms with Gasteiger partial charge in [0, 0.05) is 31.9 Å². The van der Waals surface area contributed by atoms with Gasteiger partial charge in [-0.2, -0.15) is 4.98 Å². The molecule has 3 heterocycles. The number of piperidine rings is 1. The number of carbonyl (C=O) groups excluding carboxylic acids is 1. The molecule has 0 aliphatic carbocycles. The lowest BCUT2D eigenvalue weighted by Gasteiger charge is -2.34. The van der Waals surface area contributed by atoms with Crippen molar-refractivity contribution in [2.75, 3.05) is 13.1 Å². The number of likely N-dealkylation sites (tertiary alicyclic amines) is 1. The normalized spacial score (nSPS) is 18.2. The number of nitrogens with one attached hydrogen (secondary N) is 1. The Balaban J connectivity index is 1.47. The van der Waals surface area contributed by atoms with Gasteiger partial charge < -0.3 is 9.84 Å². The van der Waals surface area contributed by atoms with Crippen LogP contribution in [-0.2, 0) is 17.8 Å². The van der Waals surface area contributed by atoms with Crippen molar-refractivity contribution >= 4 is 5.91 Å². The Morgan fingerprint density at radius 3 is 2.96 bits per heavy atom. The molecule has 1 amide bonds. The Labute approximate surface area is 147 Å². The molecule has 1 aliphatic rings. The molecule has 2 aromatic heterocycles. The molecule has 0 bridgehead atoms. The fourth-order valence-corrected chi connectivity index (χ4v) is 3.21. The van der Waals surface area contributed by atoms with E-state index in [0.717, 1.165) is 38.8 Å². The first-order valence-electron chi connectivity index (χ1n) is 8.92. The summed E-state index contributed by atoms with van der Waals surface area (Å²) in [5, 5.41) is 6.83. The summed E-state index contributed by atoms with van der Waals surface area (Å²) >= 11 is 0. The summed E-state index contributed by atoms with van der Waals surface area (Å²) in [6.45, 7) is 4.18. The van der Waals surface area contributed by atoms with Crippen LogP contribution in [0.15, 0.2) is 29.0 Å². The lowest BCUT2D eigenvalue weighted by atomic mass is 10.0. The van der Waals surface area contributed by atoms with Crippen molar-refractivity contribution < 1.29 is 9.32 Å². The van der Waals surface area contributed by atoms with Crippen molar-refractivity contribution in [3.05, 3.63) is 41.8 Å². The fraction of sp³-hybridized carbons (Fsp3) is 0.556. The Bertz CT molecular complexity index is 673. The molecular formula is C18H25N5O2. The van der Waals surface area contributed by atoms with Crippen LogP contribution in [-0.4, -0.2) is 45.1 Å². The molecule has 0 aromatic carbocycles. The van der Waals surface area contributed by atoms with E-state index in [1.165, 1.54) is 5.56 Å². The first-order valence-corrected chi connectivity index (χ1v) is 8.92. The predicted octanol–water partition coefficient (Wildman–Crippen LogP) is 1.88. The molecule has 1 aliphatic heterocycles. The molecule has 134 valence electrons. The molecule has 7 heteroatoms. The van der Waals surface area contributed by atoms with Crippen LogP contribution < -0.4 is 5.32 Å². The molecule has 1 saturated heterocycles. The Kier molecular flexibility index (Phi) is 6.11. The third kappa shape index (κ3) is 5.09. The van der Waals surface area contributed by atoms with E-state index in [-0.39, 0.29) is 11.9 Å². The minimum atomic E-state index is -0.0486. The molecule has 0 saturated carbocycles. The van der Waals surface area contributed by atoms with Crippen LogP contribution in [0.1, 0.15) is 43.0 Å². The first kappa shape index (κ1) is 17.5. The number of aryl methyl sites for hydroxylation is 2. The minimum absolute atomic E-state index is 0.0486. The van der Waals surface area contributed by atoms with Gasteiger partial charge in [-0.15, -0.1) is 0 Å². The van der Waals surface area contributed by atoms with Crippen LogP contribution in [0.3, 0.4) is 0 Å². The van der Waals surface area contributed by atoms with E-state index in [1.54, 1.807) is 19.3 Å². The Morgan fingerprint density at radius 1 is 1.36 bits per heavy atom. The monoisotopic (exact) mass is 343 g/mol. The first-order chi connectivity index (χ1) is 12.2. The molecule has 0 spiro atoms. The fourth-order valence-electron chi connectivity index (χ4n) is 3.21. The topological polar surface area (TPSA) is 84.2 Å². The van der Waals surface area contributed by atoms with E-state index >= 15 is 0 Å². The molecule has 1 N–H and O–H groups in total. The maximum Gasteiger partial charge on any atom is 0.237 e. The second-order valence-electron chi connectivity index (χ2n) is 6.47. The van der Waals surface area contributed by atoms with Gasteiger partial charge in [0.05, 0.1) is 6.04 Å². The van der Waals surface area contributed by atoms with E-state index in [1.807, 2.05) is 12.1 Å². The molecule has 2 aromatic rings. The lowest BCUT2D eigenvalue weighted by Crippen LogP contribution is -2.49. The summed E-state index contributed by atoms with van der Waals surface area (Å²) < 4.78 is 5.08. The van der Waals surface area contributed by atoms with E-state index in [2.05, 4.69) is 25.3 Å². The molecule has 0 radical (unpaired) electrons. The molecule has 7 nitrogen and oxygen atoms in total. The van der Waals surface area contributed by atoms with Gasteiger partial charge >= 0.3 is 0 Å². The van der Waals surface area contributed by atoms with E-state index in [9.17, 15) is 4.79 Å². The summed E-state index contributed by atoms with van der Waals surface area (Å²) in [5.41, 5.74) is 1.20. The van der Waals surface area contributed by atoms with Gasteiger partial charge in [0.25, 0.3) is 0 Å². The van der Waals surface area contributed by atoms with Gasteiger partial charge in [-0.3, -0.25) is 14.7 Å². The highest BCUT2D eigenvalue weighted by Crippen LogP contribution is 2.19. The zero-order chi connectivity index (χ0) is 17.5. The second kappa shape index (κ2) is 8.71. The van der Waals surface area contributed by atoms with E-state index < -0.39 is 0 Å². The average molecular weight is 343 g/mol. The average Bonchev–Trinajstić information content (AvgIpc) is 3.05. The summed E-state index contributed by atoms with van der Waals surface area (Å²) in [5.74, 6) is 1.40. The van der Waals surface area contributed by atoms with Crippen LogP contribution >= 0.6 is 0 Å². The highest BCUT2D eigenvalue weighted by atomic mass is 16.5. The van der Waals surface area contributed by atoms with Crippen LogP contribution in [0.5, 0.6) is 0 Å². The summed E-state index contributed by atoms with van der Waals surface area (Å²) in [7, 11) is 0. The molecule has 1 fully saturated rings. The number of rotatable bonds is 7. The number of pyridine rings is 1. The van der Waals surface area contributed by atoms with Crippen molar-refractivity contribution in [2.45, 2.75) is 51.6 Å². The quantitative estimate of drug-likeness (QED) is 0.773. The zero-order valence-electron chi connectivity index (χ0n) is 14.6. The van der Waals surface area contributed by atoms with Crippen molar-refractivity contribution in [2.24, 2.45) is 0 Å². The van der Waals surface area contributed by atoms with E-state index in [0.29, 0.717) is 24.7 Å². The van der Waals surface area contributed by atoms with Gasteiger partial charge in [0.15, 0.2) is 5.82 Å². The Morgan fingerprint density at radius 2 is 2.20 bits per heavy atom. The van der Waals surface area contributed by atoms with Crippen molar-refractivity contribution in [1.29, 1.82) is 0 Å². The third-order valence-electron chi connectivity index (χ3n) is 4.49. The van der Waals surface area contributed by atoms with E-state index in [4.69, 9.17) is 4.52 Å². The molecule has 1 unspecified atom stereocenters. The van der Waals surface area contributed by atoms with Crippen LogP contribution in [0.4, 0.5) is 0 Å². The maximum atomic E-state index is 12.6. The van der Waals surface area contributed by atoms with Gasteiger partial charge in [0.2, 0.25) is 11.8 Å². The van der Waals surface area contributed by atoms with Crippen LogP contribution in [0.25, 0.3) is 0 Å². The van der Waals surface area contributed by atoms with Gasteiger partial charge in [-0.1, -0.05) is 11.6 Å². The smallest absolute Gasteiger partial charge is 0.237 e. The van der Waals surface area contributed by atoms with Gasteiger partial charge in [-0.05, 0) is 50.4 Å². The number of aromatic nitrogens is 3. The predicted molar refractivity (Wildman–Crippen MR) is 92.7 cm³/mol. The molecule has 1 atom stereocenters. The number of amides is 1. The van der Waals surface area contributed by atoms with Crippen LogP contribution in [0.2, 0.25) is 0 Å². The van der Waals surface area contributed by atoms with Gasteiger partial charge in [0.1, 0.15) is 0 Å². The maximum absolute atomic E-state index is 12.6. The summed E-state index contributed by atoms with van der Waals surface area (Å²) in [6.07, 6.45) is 8.25. The van der Waals surface area contributed by atoms with Crippen molar-refractivity contribution in [1.82, 2.24) is 25.3 Å². The van der Waals surface area contributed by atoms with Crippen LogP contribution in [0, 0.1) is 6.92 Å². The largest absolute Gasteiger partial charge is 0.355 e. The van der Waals surface area contributed by atoms with Crippen molar-refractivity contribution in [3.63, 3.8) is 0 Å². The number of hydrogen-bond acceptors (Lipinski definition) is 6. The highest BCUT2D eigenvalue weighted by Gasteiger charge is 2.28. The number of carbonyl (C=O) groups is 1. The third-order valence-corrected chi connectivity index (χ3v) is 4.49. The lowest BCUT2D eigenvalue weighted by molar-refractivity contribution is -0.127. The number of hydrogen-bond donors (Lipinski definition) is 1. The molecular weight excluding hydrogens is 318 g/mol. The number of nitrogens with zero attached hydrogens (tertiary/aromatic N) is 4.